The highest BCUT2D eigenvalue weighted by atomic mass is 32.1. The van der Waals surface area contributed by atoms with Crippen molar-refractivity contribution < 1.29 is 13.9 Å². The SMILES string of the molecule is CCOC(=O)NCCc1csc2nc(-c3cccc(F)c3)nn12. The van der Waals surface area contributed by atoms with E-state index in [9.17, 15) is 9.18 Å². The highest BCUT2D eigenvalue weighted by molar-refractivity contribution is 7.15. The number of hydrogen-bond acceptors (Lipinski definition) is 5. The van der Waals surface area contributed by atoms with Crippen molar-refractivity contribution in [3.05, 3.63) is 41.2 Å². The van der Waals surface area contributed by atoms with Gasteiger partial charge in [0.05, 0.1) is 12.3 Å². The van der Waals surface area contributed by atoms with Crippen molar-refractivity contribution in [2.45, 2.75) is 13.3 Å². The van der Waals surface area contributed by atoms with Gasteiger partial charge in [-0.05, 0) is 19.1 Å². The standard InChI is InChI=1S/C15H15FN4O2S/c1-2-22-15(21)17-7-6-12-9-23-14-18-13(19-20(12)14)10-4-3-5-11(16)8-10/h3-5,8-9H,2,6-7H2,1H3,(H,17,21). The van der Waals surface area contributed by atoms with Crippen molar-refractivity contribution in [2.24, 2.45) is 0 Å². The number of aromatic nitrogens is 3. The molecule has 0 saturated heterocycles. The van der Waals surface area contributed by atoms with Crippen molar-refractivity contribution in [3.8, 4) is 11.4 Å². The number of benzene rings is 1. The number of carbonyl (C=O) groups excluding carboxylic acids is 1. The van der Waals surface area contributed by atoms with Gasteiger partial charge in [0.15, 0.2) is 5.82 Å². The Morgan fingerprint density at radius 2 is 2.35 bits per heavy atom. The van der Waals surface area contributed by atoms with Crippen LogP contribution in [0.1, 0.15) is 12.6 Å². The van der Waals surface area contributed by atoms with Gasteiger partial charge in [0.2, 0.25) is 4.96 Å². The average molecular weight is 334 g/mol. The van der Waals surface area contributed by atoms with Gasteiger partial charge in [0.1, 0.15) is 5.82 Å². The molecular weight excluding hydrogens is 319 g/mol. The Morgan fingerprint density at radius 3 is 3.13 bits per heavy atom. The Labute approximate surface area is 135 Å². The zero-order valence-electron chi connectivity index (χ0n) is 12.5. The van der Waals surface area contributed by atoms with Gasteiger partial charge in [-0.25, -0.2) is 13.7 Å². The van der Waals surface area contributed by atoms with Crippen LogP contribution in [0, 0.1) is 5.82 Å². The summed E-state index contributed by atoms with van der Waals surface area (Å²) >= 11 is 1.45. The van der Waals surface area contributed by atoms with E-state index in [4.69, 9.17) is 4.74 Å². The van der Waals surface area contributed by atoms with E-state index in [1.54, 1.807) is 23.6 Å². The third kappa shape index (κ3) is 3.48. The number of ether oxygens (including phenoxy) is 1. The van der Waals surface area contributed by atoms with Crippen LogP contribution in [0.4, 0.5) is 9.18 Å². The van der Waals surface area contributed by atoms with Crippen LogP contribution in [-0.2, 0) is 11.2 Å². The lowest BCUT2D eigenvalue weighted by molar-refractivity contribution is 0.152. The number of thiazole rings is 1. The number of nitrogens with zero attached hydrogens (tertiary/aromatic N) is 3. The second-order valence-electron chi connectivity index (χ2n) is 4.76. The third-order valence-corrected chi connectivity index (χ3v) is 4.02. The molecule has 2 heterocycles. The van der Waals surface area contributed by atoms with Crippen molar-refractivity contribution in [2.75, 3.05) is 13.2 Å². The molecule has 0 unspecified atom stereocenters. The molecule has 0 atom stereocenters. The Hall–Kier alpha value is -2.48. The van der Waals surface area contributed by atoms with Crippen molar-refractivity contribution in [1.29, 1.82) is 0 Å². The molecule has 0 bridgehead atoms. The summed E-state index contributed by atoms with van der Waals surface area (Å²) in [5.74, 6) is 0.162. The Balaban J connectivity index is 1.74. The monoisotopic (exact) mass is 334 g/mol. The van der Waals surface area contributed by atoms with Crippen LogP contribution >= 0.6 is 11.3 Å². The topological polar surface area (TPSA) is 68.5 Å². The normalized spacial score (nSPS) is 10.9. The highest BCUT2D eigenvalue weighted by Gasteiger charge is 2.12. The minimum atomic E-state index is -0.432. The summed E-state index contributed by atoms with van der Waals surface area (Å²) in [6.45, 7) is 2.54. The Bertz CT molecular complexity index is 830. The van der Waals surface area contributed by atoms with Gasteiger partial charge in [0, 0.05) is 23.9 Å². The predicted molar refractivity (Wildman–Crippen MR) is 85.0 cm³/mol. The number of hydrogen-bond donors (Lipinski definition) is 1. The fraction of sp³-hybridized carbons (Fsp3) is 0.267. The summed E-state index contributed by atoms with van der Waals surface area (Å²) in [5, 5.41) is 9.03. The van der Waals surface area contributed by atoms with Crippen molar-refractivity contribution >= 4 is 22.4 Å². The van der Waals surface area contributed by atoms with Gasteiger partial charge in [0.25, 0.3) is 0 Å². The molecule has 0 aliphatic heterocycles. The first-order valence-electron chi connectivity index (χ1n) is 7.17. The van der Waals surface area contributed by atoms with Gasteiger partial charge >= 0.3 is 6.09 Å². The van der Waals surface area contributed by atoms with E-state index in [0.29, 0.717) is 31.0 Å². The number of alkyl carbamates (subject to hydrolysis) is 1. The molecule has 8 heteroatoms. The molecule has 1 amide bonds. The van der Waals surface area contributed by atoms with Crippen LogP contribution in [0.2, 0.25) is 0 Å². The van der Waals surface area contributed by atoms with Gasteiger partial charge in [-0.1, -0.05) is 12.1 Å². The first-order chi connectivity index (χ1) is 11.2. The minimum Gasteiger partial charge on any atom is -0.450 e. The number of nitrogens with one attached hydrogen (secondary N) is 1. The van der Waals surface area contributed by atoms with Gasteiger partial charge < -0.3 is 10.1 Å². The fourth-order valence-corrected chi connectivity index (χ4v) is 2.98. The molecule has 23 heavy (non-hydrogen) atoms. The number of rotatable bonds is 5. The lowest BCUT2D eigenvalue weighted by Crippen LogP contribution is -2.26. The molecule has 120 valence electrons. The molecular formula is C15H15FN4O2S. The van der Waals surface area contributed by atoms with E-state index >= 15 is 0 Å². The molecule has 2 aromatic heterocycles. The maximum Gasteiger partial charge on any atom is 0.407 e. The molecule has 0 aliphatic carbocycles. The zero-order chi connectivity index (χ0) is 16.2. The Morgan fingerprint density at radius 1 is 1.48 bits per heavy atom. The maximum atomic E-state index is 13.3. The van der Waals surface area contributed by atoms with Crippen LogP contribution in [0.15, 0.2) is 29.6 Å². The minimum absolute atomic E-state index is 0.320. The smallest absolute Gasteiger partial charge is 0.407 e. The van der Waals surface area contributed by atoms with Gasteiger partial charge in [-0.15, -0.1) is 16.4 Å². The molecule has 0 saturated carbocycles. The van der Waals surface area contributed by atoms with Crippen LogP contribution in [0.5, 0.6) is 0 Å². The van der Waals surface area contributed by atoms with Crippen LogP contribution in [0.25, 0.3) is 16.3 Å². The van der Waals surface area contributed by atoms with E-state index < -0.39 is 6.09 Å². The van der Waals surface area contributed by atoms with E-state index in [1.165, 1.54) is 23.5 Å². The molecule has 3 aromatic rings. The molecule has 3 rings (SSSR count). The third-order valence-electron chi connectivity index (χ3n) is 3.16. The molecule has 0 radical (unpaired) electrons. The summed E-state index contributed by atoms with van der Waals surface area (Å²) in [7, 11) is 0. The summed E-state index contributed by atoms with van der Waals surface area (Å²) < 4.78 is 19.8. The number of fused-ring (bicyclic) bond motifs is 1. The Kier molecular flexibility index (Phi) is 4.52. The molecule has 0 fully saturated rings. The van der Waals surface area contributed by atoms with Crippen molar-refractivity contribution in [3.63, 3.8) is 0 Å². The van der Waals surface area contributed by atoms with E-state index in [1.807, 2.05) is 5.38 Å². The molecule has 0 aliphatic rings. The van der Waals surface area contributed by atoms with Gasteiger partial charge in [-0.3, -0.25) is 0 Å². The lowest BCUT2D eigenvalue weighted by atomic mass is 10.2. The summed E-state index contributed by atoms with van der Waals surface area (Å²) in [4.78, 5) is 16.4. The van der Waals surface area contributed by atoms with E-state index in [0.717, 1.165) is 10.7 Å². The largest absolute Gasteiger partial charge is 0.450 e. The van der Waals surface area contributed by atoms with Gasteiger partial charge in [-0.2, -0.15) is 4.98 Å². The first kappa shape index (κ1) is 15.4. The molecule has 0 spiro atoms. The molecule has 1 N–H and O–H groups in total. The second kappa shape index (κ2) is 6.74. The van der Waals surface area contributed by atoms with Crippen LogP contribution in [0.3, 0.4) is 0 Å². The van der Waals surface area contributed by atoms with E-state index in [2.05, 4.69) is 15.4 Å². The quantitative estimate of drug-likeness (QED) is 0.779. The number of carbonyl (C=O) groups is 1. The summed E-state index contributed by atoms with van der Waals surface area (Å²) in [6.07, 6.45) is 0.170. The van der Waals surface area contributed by atoms with E-state index in [-0.39, 0.29) is 5.82 Å². The highest BCUT2D eigenvalue weighted by Crippen LogP contribution is 2.21. The first-order valence-corrected chi connectivity index (χ1v) is 8.05. The van der Waals surface area contributed by atoms with Crippen LogP contribution < -0.4 is 5.32 Å². The van der Waals surface area contributed by atoms with Crippen molar-refractivity contribution in [1.82, 2.24) is 19.9 Å². The lowest BCUT2D eigenvalue weighted by Gasteiger charge is -2.03. The fourth-order valence-electron chi connectivity index (χ4n) is 2.12. The summed E-state index contributed by atoms with van der Waals surface area (Å²) in [6, 6.07) is 6.18. The number of amides is 1. The van der Waals surface area contributed by atoms with Crippen LogP contribution in [-0.4, -0.2) is 33.8 Å². The molecule has 6 nitrogen and oxygen atoms in total. The second-order valence-corrected chi connectivity index (χ2v) is 5.60. The predicted octanol–water partition coefficient (Wildman–Crippen LogP) is 2.89. The zero-order valence-corrected chi connectivity index (χ0v) is 13.3. The number of halogens is 1. The maximum absolute atomic E-state index is 13.3. The summed E-state index contributed by atoms with van der Waals surface area (Å²) in [5.41, 5.74) is 1.56. The average Bonchev–Trinajstić information content (AvgIpc) is 3.09. The molecule has 1 aromatic carbocycles.